The molecule has 1 unspecified atom stereocenters. The summed E-state index contributed by atoms with van der Waals surface area (Å²) in [5.41, 5.74) is 2.05. The molecule has 1 amide bonds. The Kier molecular flexibility index (Phi) is 7.94. The lowest BCUT2D eigenvalue weighted by molar-refractivity contribution is -0.123. The number of likely N-dealkylation sites (tertiary alicyclic amines) is 1. The number of carbonyl (C=O) groups is 2. The minimum Gasteiger partial charge on any atom is -0.490 e. The second-order valence-corrected chi connectivity index (χ2v) is 9.10. The number of hydrogen-bond donors (Lipinski definition) is 3. The minimum atomic E-state index is -0.584. The van der Waals surface area contributed by atoms with Crippen molar-refractivity contribution in [2.24, 2.45) is 0 Å². The van der Waals surface area contributed by atoms with Crippen LogP contribution < -0.4 is 10.1 Å². The molecule has 2 saturated heterocycles. The van der Waals surface area contributed by atoms with Crippen LogP contribution in [0.5, 0.6) is 5.75 Å². The zero-order valence-corrected chi connectivity index (χ0v) is 19.6. The van der Waals surface area contributed by atoms with Gasteiger partial charge in [-0.3, -0.25) is 14.6 Å². The number of aliphatic hydroxyl groups excluding tert-OH is 1. The van der Waals surface area contributed by atoms with Gasteiger partial charge in [0, 0.05) is 49.6 Å². The molecular formula is C27H31N3O5. The van der Waals surface area contributed by atoms with E-state index < -0.39 is 6.10 Å². The van der Waals surface area contributed by atoms with E-state index in [1.54, 1.807) is 12.4 Å². The van der Waals surface area contributed by atoms with Crippen molar-refractivity contribution in [3.05, 3.63) is 60.9 Å². The van der Waals surface area contributed by atoms with Gasteiger partial charge in [-0.1, -0.05) is 30.3 Å². The van der Waals surface area contributed by atoms with Crippen molar-refractivity contribution < 1.29 is 24.5 Å². The van der Waals surface area contributed by atoms with Gasteiger partial charge in [-0.05, 0) is 53.8 Å². The molecule has 5 rings (SSSR count). The fourth-order valence-electron chi connectivity index (χ4n) is 5.04. The lowest BCUT2D eigenvalue weighted by atomic mass is 9.86. The summed E-state index contributed by atoms with van der Waals surface area (Å²) >= 11 is 0. The standard InChI is InChI=1S/C26H29N3O3.CH2O2/c30-21(17-29-15-11-26(12-16-29)10-7-24(31)28-26)18-32-23-6-5-19-3-1-2-4-22(19)25(23)20-8-13-27-14-9-20;2-1-3/h1-6,8-9,13-14,21,30H,7,10-12,15-18H2,(H,28,31);1H,(H,2,3). The van der Waals surface area contributed by atoms with E-state index >= 15 is 0 Å². The first kappa shape index (κ1) is 24.6. The van der Waals surface area contributed by atoms with Crippen LogP contribution in [0.25, 0.3) is 21.9 Å². The van der Waals surface area contributed by atoms with Crippen molar-refractivity contribution >= 4 is 23.2 Å². The van der Waals surface area contributed by atoms with E-state index in [0.29, 0.717) is 13.0 Å². The molecule has 2 aliphatic heterocycles. The minimum absolute atomic E-state index is 0.0143. The Hall–Kier alpha value is -3.49. The smallest absolute Gasteiger partial charge is 0.290 e. The van der Waals surface area contributed by atoms with Crippen LogP contribution in [-0.4, -0.2) is 70.4 Å². The van der Waals surface area contributed by atoms with Crippen LogP contribution in [0.2, 0.25) is 0 Å². The highest BCUT2D eigenvalue weighted by molar-refractivity contribution is 5.99. The SMILES string of the molecule is O=C1CCC2(CCN(CC(O)COc3ccc4ccccc4c3-c3ccncc3)CC2)N1.O=CO. The second-order valence-electron chi connectivity index (χ2n) is 9.10. The van der Waals surface area contributed by atoms with Crippen LogP contribution in [-0.2, 0) is 9.59 Å². The number of fused-ring (bicyclic) bond motifs is 1. The largest absolute Gasteiger partial charge is 0.490 e. The number of pyridine rings is 1. The molecule has 8 heteroatoms. The number of aliphatic hydroxyl groups is 1. The quantitative estimate of drug-likeness (QED) is 0.468. The first-order valence-corrected chi connectivity index (χ1v) is 11.9. The zero-order chi connectivity index (χ0) is 24.7. The second kappa shape index (κ2) is 11.3. The summed E-state index contributed by atoms with van der Waals surface area (Å²) in [7, 11) is 0. The molecule has 2 aliphatic rings. The maximum atomic E-state index is 11.6. The number of carbonyl (C=O) groups excluding carboxylic acids is 1. The van der Waals surface area contributed by atoms with Crippen molar-refractivity contribution in [3.8, 4) is 16.9 Å². The van der Waals surface area contributed by atoms with Gasteiger partial charge in [0.25, 0.3) is 6.47 Å². The maximum absolute atomic E-state index is 11.6. The summed E-state index contributed by atoms with van der Waals surface area (Å²) in [6, 6.07) is 16.3. The number of nitrogens with zero attached hydrogens (tertiary/aromatic N) is 2. The highest BCUT2D eigenvalue weighted by Gasteiger charge is 2.40. The van der Waals surface area contributed by atoms with E-state index in [1.807, 2.05) is 30.3 Å². The summed E-state index contributed by atoms with van der Waals surface area (Å²) < 4.78 is 6.16. The average Bonchev–Trinajstić information content (AvgIpc) is 3.24. The third-order valence-corrected chi connectivity index (χ3v) is 6.81. The third kappa shape index (κ3) is 5.96. The number of β-amino-alcohol motifs (C(OH)–C–C–N with tert-alkyl or cyclic N) is 1. The maximum Gasteiger partial charge on any atom is 0.290 e. The van der Waals surface area contributed by atoms with Gasteiger partial charge in [-0.25, -0.2) is 0 Å². The Morgan fingerprint density at radius 3 is 2.49 bits per heavy atom. The first-order valence-electron chi connectivity index (χ1n) is 11.9. The van der Waals surface area contributed by atoms with Gasteiger partial charge in [-0.15, -0.1) is 0 Å². The predicted molar refractivity (Wildman–Crippen MR) is 133 cm³/mol. The van der Waals surface area contributed by atoms with Crippen molar-refractivity contribution in [2.45, 2.75) is 37.3 Å². The molecular weight excluding hydrogens is 446 g/mol. The van der Waals surface area contributed by atoms with Crippen molar-refractivity contribution in [3.63, 3.8) is 0 Å². The molecule has 0 bridgehead atoms. The highest BCUT2D eigenvalue weighted by Crippen LogP contribution is 2.37. The third-order valence-electron chi connectivity index (χ3n) is 6.81. The fourth-order valence-corrected chi connectivity index (χ4v) is 5.04. The van der Waals surface area contributed by atoms with Gasteiger partial charge in [0.05, 0.1) is 0 Å². The molecule has 0 aliphatic carbocycles. The topological polar surface area (TPSA) is 112 Å². The highest BCUT2D eigenvalue weighted by atomic mass is 16.5. The Bertz CT molecular complexity index is 1150. The van der Waals surface area contributed by atoms with Crippen LogP contribution in [0, 0.1) is 0 Å². The van der Waals surface area contributed by atoms with Crippen LogP contribution in [0.4, 0.5) is 0 Å². The molecule has 3 N–H and O–H groups in total. The summed E-state index contributed by atoms with van der Waals surface area (Å²) in [5.74, 6) is 0.937. The number of aromatic nitrogens is 1. The fraction of sp³-hybridized carbons (Fsp3) is 0.370. The molecule has 3 aromatic rings. The molecule has 184 valence electrons. The van der Waals surface area contributed by atoms with E-state index in [1.165, 1.54) is 0 Å². The number of ether oxygens (including phenoxy) is 1. The Balaban J connectivity index is 0.000000917. The van der Waals surface area contributed by atoms with E-state index in [9.17, 15) is 9.90 Å². The number of amides is 1. The number of hydrogen-bond acceptors (Lipinski definition) is 6. The monoisotopic (exact) mass is 477 g/mol. The molecule has 2 fully saturated rings. The van der Waals surface area contributed by atoms with E-state index in [4.69, 9.17) is 14.6 Å². The van der Waals surface area contributed by atoms with Crippen LogP contribution in [0.15, 0.2) is 60.9 Å². The van der Waals surface area contributed by atoms with Crippen molar-refractivity contribution in [1.29, 1.82) is 0 Å². The average molecular weight is 478 g/mol. The lowest BCUT2D eigenvalue weighted by Gasteiger charge is -2.39. The van der Waals surface area contributed by atoms with E-state index in [0.717, 1.165) is 60.0 Å². The van der Waals surface area contributed by atoms with Gasteiger partial charge >= 0.3 is 0 Å². The van der Waals surface area contributed by atoms with Crippen LogP contribution >= 0.6 is 0 Å². The first-order chi connectivity index (χ1) is 17.0. The number of nitrogens with one attached hydrogen (secondary N) is 1. The number of carboxylic acid groups (broad SMARTS) is 1. The molecule has 35 heavy (non-hydrogen) atoms. The van der Waals surface area contributed by atoms with Gasteiger partial charge in [-0.2, -0.15) is 0 Å². The van der Waals surface area contributed by atoms with Gasteiger partial charge < -0.3 is 25.2 Å². The molecule has 1 aromatic heterocycles. The van der Waals surface area contributed by atoms with Crippen molar-refractivity contribution in [1.82, 2.24) is 15.2 Å². The summed E-state index contributed by atoms with van der Waals surface area (Å²) in [4.78, 5) is 26.4. The van der Waals surface area contributed by atoms with Crippen LogP contribution in [0.1, 0.15) is 25.7 Å². The van der Waals surface area contributed by atoms with E-state index in [2.05, 4.69) is 33.4 Å². The lowest BCUT2D eigenvalue weighted by Crippen LogP contribution is -2.52. The molecule has 1 spiro atoms. The van der Waals surface area contributed by atoms with Gasteiger partial charge in [0.1, 0.15) is 18.5 Å². The molecule has 3 heterocycles. The summed E-state index contributed by atoms with van der Waals surface area (Å²) in [6.45, 7) is 2.32. The Labute approximate surface area is 204 Å². The van der Waals surface area contributed by atoms with Gasteiger partial charge in [0.2, 0.25) is 5.91 Å². The normalized spacial score (nSPS) is 17.9. The molecule has 2 aromatic carbocycles. The predicted octanol–water partition coefficient (Wildman–Crippen LogP) is 3.09. The van der Waals surface area contributed by atoms with Gasteiger partial charge in [0.15, 0.2) is 0 Å². The molecule has 1 atom stereocenters. The number of rotatable bonds is 6. The van der Waals surface area contributed by atoms with E-state index in [-0.39, 0.29) is 24.5 Å². The number of benzene rings is 2. The summed E-state index contributed by atoms with van der Waals surface area (Å²) in [5, 5.41) is 23.0. The number of piperidine rings is 1. The Morgan fingerprint density at radius 2 is 1.80 bits per heavy atom. The molecule has 0 saturated carbocycles. The molecule has 8 nitrogen and oxygen atoms in total. The molecule has 0 radical (unpaired) electrons. The zero-order valence-electron chi connectivity index (χ0n) is 19.6. The Morgan fingerprint density at radius 1 is 1.09 bits per heavy atom. The van der Waals surface area contributed by atoms with Crippen LogP contribution in [0.3, 0.4) is 0 Å². The van der Waals surface area contributed by atoms with Crippen molar-refractivity contribution in [2.75, 3.05) is 26.2 Å². The summed E-state index contributed by atoms with van der Waals surface area (Å²) in [6.07, 6.45) is 6.45.